The second-order valence-corrected chi connectivity index (χ2v) is 16.0. The maximum atomic E-state index is 5.36. The molecule has 0 radical (unpaired) electrons. The predicted molar refractivity (Wildman–Crippen MR) is 67.7 cm³/mol. The second-order valence-electron chi connectivity index (χ2n) is 2.06. The topological polar surface area (TPSA) is 12.5 Å². The Labute approximate surface area is 115 Å². The van der Waals surface area contributed by atoms with Gasteiger partial charge in [-0.15, -0.1) is 0 Å². The molecule has 0 aromatic carbocycles. The van der Waals surface area contributed by atoms with Crippen LogP contribution in [0.25, 0.3) is 0 Å². The van der Waals surface area contributed by atoms with Crippen molar-refractivity contribution in [3.63, 3.8) is 0 Å². The van der Waals surface area contributed by atoms with E-state index in [-0.39, 0.29) is 16.5 Å². The molecule has 2 atom stereocenters. The first-order valence-electron chi connectivity index (χ1n) is 2.52. The highest BCUT2D eigenvalue weighted by atomic mass is 80.0. The molecular formula is C4H2Br6O. The van der Waals surface area contributed by atoms with Crippen LogP contribution in [0.15, 0.2) is 0 Å². The molecule has 0 spiro atoms. The number of rotatable bonds is 0. The predicted octanol–water partition coefficient (Wildman–Crippen LogP) is 4.43. The standard InChI is InChI=1S/C4H2Br6O/c5-3(6,7)1-2(11-1)4(8,9)10/h1-2H. The fourth-order valence-electron chi connectivity index (χ4n) is 0.610. The second kappa shape index (κ2) is 3.77. The van der Waals surface area contributed by atoms with Crippen LogP contribution in [0.4, 0.5) is 0 Å². The molecule has 0 aromatic rings. The van der Waals surface area contributed by atoms with Gasteiger partial charge in [-0.2, -0.15) is 0 Å². The van der Waals surface area contributed by atoms with Crippen LogP contribution in [0.1, 0.15) is 0 Å². The molecule has 2 unspecified atom stereocenters. The number of hydrogen-bond donors (Lipinski definition) is 0. The van der Waals surface area contributed by atoms with Crippen LogP contribution < -0.4 is 0 Å². The molecular weight excluding hydrogens is 543 g/mol. The third-order valence-electron chi connectivity index (χ3n) is 1.14. The van der Waals surface area contributed by atoms with Gasteiger partial charge in [0.15, 0.2) is 4.29 Å². The maximum absolute atomic E-state index is 5.36. The molecule has 7 heteroatoms. The van der Waals surface area contributed by atoms with Gasteiger partial charge in [-0.25, -0.2) is 0 Å². The number of halogens is 6. The van der Waals surface area contributed by atoms with Crippen molar-refractivity contribution in [3.8, 4) is 0 Å². The number of hydrogen-bond acceptors (Lipinski definition) is 1. The maximum Gasteiger partial charge on any atom is 0.163 e. The average Bonchev–Trinajstić information content (AvgIpc) is 2.30. The first-order chi connectivity index (χ1) is 4.73. The summed E-state index contributed by atoms with van der Waals surface area (Å²) in [6.45, 7) is 0. The lowest BCUT2D eigenvalue weighted by Gasteiger charge is -2.11. The van der Waals surface area contributed by atoms with Gasteiger partial charge in [0, 0.05) is 0 Å². The molecule has 0 N–H and O–H groups in total. The molecule has 0 aromatic heterocycles. The number of alkyl halides is 6. The lowest BCUT2D eigenvalue weighted by molar-refractivity contribution is 0.383. The van der Waals surface area contributed by atoms with Gasteiger partial charge in [-0.1, -0.05) is 95.6 Å². The lowest BCUT2D eigenvalue weighted by atomic mass is 10.4. The number of ether oxygens (including phenoxy) is 1. The normalized spacial score (nSPS) is 32.2. The third kappa shape index (κ3) is 3.47. The van der Waals surface area contributed by atoms with Crippen LogP contribution in [0.3, 0.4) is 0 Å². The van der Waals surface area contributed by atoms with Crippen molar-refractivity contribution in [3.05, 3.63) is 0 Å². The largest absolute Gasteiger partial charge is 0.363 e. The zero-order valence-corrected chi connectivity index (χ0v) is 14.3. The van der Waals surface area contributed by atoms with E-state index in [0.717, 1.165) is 0 Å². The molecule has 0 bridgehead atoms. The Hall–Kier alpha value is 2.84. The van der Waals surface area contributed by atoms with Crippen LogP contribution in [0.2, 0.25) is 0 Å². The smallest absolute Gasteiger partial charge is 0.163 e. The van der Waals surface area contributed by atoms with Gasteiger partial charge < -0.3 is 4.74 Å². The molecule has 11 heavy (non-hydrogen) atoms. The zero-order valence-electron chi connectivity index (χ0n) is 4.83. The molecule has 1 fully saturated rings. The molecule has 66 valence electrons. The Morgan fingerprint density at radius 3 is 1.09 bits per heavy atom. The molecule has 1 nitrogen and oxygen atoms in total. The van der Waals surface area contributed by atoms with Crippen molar-refractivity contribution in [2.45, 2.75) is 16.5 Å². The van der Waals surface area contributed by atoms with E-state index >= 15 is 0 Å². The van der Waals surface area contributed by atoms with Gasteiger partial charge in [0.1, 0.15) is 12.2 Å². The molecule has 0 aliphatic carbocycles. The fourth-order valence-corrected chi connectivity index (χ4v) is 2.70. The van der Waals surface area contributed by atoms with Crippen molar-refractivity contribution in [1.82, 2.24) is 0 Å². The summed E-state index contributed by atoms with van der Waals surface area (Å²) in [5, 5.41) is 0. The molecule has 1 rings (SSSR count). The fraction of sp³-hybridized carbons (Fsp3) is 1.00. The van der Waals surface area contributed by atoms with E-state index in [0.29, 0.717) is 0 Å². The minimum absolute atomic E-state index is 0.0839. The summed E-state index contributed by atoms with van der Waals surface area (Å²) in [5.41, 5.74) is 0. The monoisotopic (exact) mass is 540 g/mol. The van der Waals surface area contributed by atoms with E-state index < -0.39 is 0 Å². The van der Waals surface area contributed by atoms with E-state index in [1.165, 1.54) is 0 Å². The molecule has 1 aliphatic heterocycles. The SMILES string of the molecule is BrC(Br)(Br)C1OC1C(Br)(Br)Br. The summed E-state index contributed by atoms with van der Waals surface area (Å²) >= 11 is 20.3. The molecule has 1 saturated heterocycles. The summed E-state index contributed by atoms with van der Waals surface area (Å²) < 4.78 is 4.69. The summed E-state index contributed by atoms with van der Waals surface area (Å²) in [6, 6.07) is 0. The van der Waals surface area contributed by atoms with Crippen LogP contribution in [0, 0.1) is 0 Å². The van der Waals surface area contributed by atoms with E-state index in [4.69, 9.17) is 4.74 Å². The molecule has 1 heterocycles. The van der Waals surface area contributed by atoms with E-state index in [1.54, 1.807) is 0 Å². The van der Waals surface area contributed by atoms with E-state index in [1.807, 2.05) is 0 Å². The average molecular weight is 545 g/mol. The minimum Gasteiger partial charge on any atom is -0.363 e. The first-order valence-corrected chi connectivity index (χ1v) is 7.27. The van der Waals surface area contributed by atoms with Crippen LogP contribution in [-0.4, -0.2) is 16.5 Å². The third-order valence-corrected chi connectivity index (χ3v) is 3.84. The summed E-state index contributed by atoms with van der Waals surface area (Å²) in [6.07, 6.45) is 0.168. The highest BCUT2D eigenvalue weighted by Gasteiger charge is 2.59. The number of epoxide rings is 1. The van der Waals surface area contributed by atoms with Crippen molar-refractivity contribution in [1.29, 1.82) is 0 Å². The van der Waals surface area contributed by atoms with Crippen molar-refractivity contribution >= 4 is 95.6 Å². The van der Waals surface area contributed by atoms with Gasteiger partial charge in [-0.3, -0.25) is 0 Å². The highest BCUT2D eigenvalue weighted by Crippen LogP contribution is 2.56. The van der Waals surface area contributed by atoms with Crippen molar-refractivity contribution in [2.24, 2.45) is 0 Å². The summed E-state index contributed by atoms with van der Waals surface area (Å²) in [5.74, 6) is 0. The van der Waals surface area contributed by atoms with E-state index in [2.05, 4.69) is 95.6 Å². The minimum atomic E-state index is -0.335. The van der Waals surface area contributed by atoms with Crippen molar-refractivity contribution in [2.75, 3.05) is 0 Å². The Morgan fingerprint density at radius 1 is 0.727 bits per heavy atom. The molecule has 1 aliphatic rings. The highest BCUT2D eigenvalue weighted by molar-refractivity contribution is 9.40. The summed E-state index contributed by atoms with van der Waals surface area (Å²) in [7, 11) is 0. The van der Waals surface area contributed by atoms with Gasteiger partial charge >= 0.3 is 0 Å². The first kappa shape index (κ1) is 11.9. The molecule has 0 amide bonds. The van der Waals surface area contributed by atoms with Gasteiger partial charge in [0.25, 0.3) is 0 Å². The van der Waals surface area contributed by atoms with Crippen molar-refractivity contribution < 1.29 is 4.74 Å². The Morgan fingerprint density at radius 2 is 1.00 bits per heavy atom. The Bertz CT molecular complexity index is 139. The zero-order chi connectivity index (χ0) is 8.86. The Balaban J connectivity index is 2.51. The van der Waals surface area contributed by atoms with Gasteiger partial charge in [0.05, 0.1) is 0 Å². The quantitative estimate of drug-likeness (QED) is 0.324. The van der Waals surface area contributed by atoms with Crippen LogP contribution in [0.5, 0.6) is 0 Å². The van der Waals surface area contributed by atoms with Crippen LogP contribution in [-0.2, 0) is 4.74 Å². The lowest BCUT2D eigenvalue weighted by Crippen LogP contribution is -2.20. The Kier molecular flexibility index (Phi) is 4.09. The van der Waals surface area contributed by atoms with Gasteiger partial charge in [0.2, 0.25) is 0 Å². The summed E-state index contributed by atoms with van der Waals surface area (Å²) in [4.78, 5) is 0. The molecule has 0 saturated carbocycles. The van der Waals surface area contributed by atoms with Crippen LogP contribution >= 0.6 is 95.6 Å². The van der Waals surface area contributed by atoms with E-state index in [9.17, 15) is 0 Å². The van der Waals surface area contributed by atoms with Gasteiger partial charge in [-0.05, 0) is 0 Å².